The minimum absolute atomic E-state index is 0. The molecular weight excluding hydrogens is 271 g/mol. The summed E-state index contributed by atoms with van der Waals surface area (Å²) in [4.78, 5) is 5.94. The van der Waals surface area contributed by atoms with E-state index in [0.29, 0.717) is 11.4 Å². The highest BCUT2D eigenvalue weighted by Gasteiger charge is 1.96. The monoisotopic (exact) mass is 280 g/mol. The fourth-order valence-electron chi connectivity index (χ4n) is 0.989. The minimum Gasteiger partial charge on any atom is -1.00 e. The van der Waals surface area contributed by atoms with E-state index in [2.05, 4.69) is 9.95 Å². The summed E-state index contributed by atoms with van der Waals surface area (Å²) in [6.45, 7) is 0. The van der Waals surface area contributed by atoms with Crippen molar-refractivity contribution in [1.29, 1.82) is 10.8 Å². The molecule has 4 nitrogen and oxygen atoms in total. The number of diazo groups is 2. The standard InChI is InChI=1S/2C6H5N2.2ClH/c2*7-8-6-4-2-1-3-5-6;;/h2*1-5H;2*1H/q2*+1;;/p-2. The van der Waals surface area contributed by atoms with Crippen LogP contribution in [0.2, 0.25) is 0 Å². The highest BCUT2D eigenvalue weighted by molar-refractivity contribution is 5.42. The van der Waals surface area contributed by atoms with Crippen LogP contribution in [0.1, 0.15) is 0 Å². The summed E-state index contributed by atoms with van der Waals surface area (Å²) < 4.78 is 0. The molecule has 0 spiro atoms. The topological polar surface area (TPSA) is 56.3 Å². The molecule has 0 aromatic heterocycles. The van der Waals surface area contributed by atoms with Crippen LogP contribution in [-0.4, -0.2) is 0 Å². The average molecular weight is 281 g/mol. The highest BCUT2D eigenvalue weighted by atomic mass is 35.5. The van der Waals surface area contributed by atoms with Gasteiger partial charge in [-0.05, 0) is 0 Å². The molecule has 92 valence electrons. The molecule has 0 atom stereocenters. The van der Waals surface area contributed by atoms with Crippen LogP contribution >= 0.6 is 0 Å². The Kier molecular flexibility index (Phi) is 11.5. The van der Waals surface area contributed by atoms with Crippen molar-refractivity contribution in [2.24, 2.45) is 0 Å². The van der Waals surface area contributed by atoms with Crippen LogP contribution in [0.15, 0.2) is 60.7 Å². The molecule has 6 heteroatoms. The molecule has 18 heavy (non-hydrogen) atoms. The molecule has 0 saturated heterocycles. The third kappa shape index (κ3) is 7.19. The summed E-state index contributed by atoms with van der Waals surface area (Å²) in [5, 5.41) is 16.3. The number of rotatable bonds is 0. The quantitative estimate of drug-likeness (QED) is 0.543. The Morgan fingerprint density at radius 1 is 0.556 bits per heavy atom. The molecule has 2 rings (SSSR count). The molecule has 2 aromatic rings. The maximum Gasteiger partial charge on any atom is 0.385 e. The Morgan fingerprint density at radius 2 is 0.833 bits per heavy atom. The zero-order chi connectivity index (χ0) is 11.6. The van der Waals surface area contributed by atoms with Gasteiger partial charge in [-0.25, -0.2) is 0 Å². The maximum atomic E-state index is 8.16. The van der Waals surface area contributed by atoms with Gasteiger partial charge in [-0.15, -0.1) is 0 Å². The van der Waals surface area contributed by atoms with E-state index in [4.69, 9.17) is 10.8 Å². The number of benzene rings is 2. The van der Waals surface area contributed by atoms with Gasteiger partial charge in [0.05, 0.1) is 0 Å². The fourth-order valence-corrected chi connectivity index (χ4v) is 0.989. The van der Waals surface area contributed by atoms with Gasteiger partial charge >= 0.3 is 11.4 Å². The van der Waals surface area contributed by atoms with Crippen LogP contribution in [0, 0.1) is 10.8 Å². The van der Waals surface area contributed by atoms with Crippen LogP contribution in [-0.2, 0) is 0 Å². The van der Waals surface area contributed by atoms with Crippen LogP contribution < -0.4 is 24.8 Å². The first-order chi connectivity index (χ1) is 7.86. The Balaban J connectivity index is 0. The number of nitrogens with zero attached hydrogens (tertiary/aromatic N) is 4. The second kappa shape index (κ2) is 11.3. The largest absolute Gasteiger partial charge is 1.00 e. The normalized spacial score (nSPS) is 7.00. The fraction of sp³-hybridized carbons (Fsp3) is 0. The summed E-state index contributed by atoms with van der Waals surface area (Å²) in [5.41, 5.74) is 1.18. The Hall–Kier alpha value is -2.14. The average Bonchev–Trinajstić information content (AvgIpc) is 2.41. The van der Waals surface area contributed by atoms with E-state index in [0.717, 1.165) is 0 Å². The van der Waals surface area contributed by atoms with Crippen molar-refractivity contribution in [3.05, 3.63) is 70.6 Å². The van der Waals surface area contributed by atoms with Crippen molar-refractivity contribution >= 4 is 11.4 Å². The van der Waals surface area contributed by atoms with E-state index in [1.54, 1.807) is 24.3 Å². The molecule has 0 unspecified atom stereocenters. The molecule has 2 aromatic carbocycles. The van der Waals surface area contributed by atoms with Gasteiger partial charge in [-0.3, -0.25) is 0 Å². The molecule has 0 aliphatic rings. The zero-order valence-electron chi connectivity index (χ0n) is 9.32. The number of halogens is 2. The van der Waals surface area contributed by atoms with Crippen molar-refractivity contribution < 1.29 is 24.8 Å². The number of hydrogen-bond acceptors (Lipinski definition) is 2. The number of hydrogen-bond donors (Lipinski definition) is 0. The molecule has 0 fully saturated rings. The third-order valence-corrected chi connectivity index (χ3v) is 1.74. The Morgan fingerprint density at radius 3 is 1.00 bits per heavy atom. The lowest BCUT2D eigenvalue weighted by atomic mass is 10.3. The zero-order valence-corrected chi connectivity index (χ0v) is 10.8. The molecule has 0 amide bonds. The molecule has 0 radical (unpaired) electrons. The van der Waals surface area contributed by atoms with Gasteiger partial charge in [-0.2, -0.15) is 0 Å². The Bertz CT molecular complexity index is 454. The summed E-state index contributed by atoms with van der Waals surface area (Å²) in [5.74, 6) is 0. The van der Waals surface area contributed by atoms with E-state index in [-0.39, 0.29) is 24.8 Å². The second-order valence-electron chi connectivity index (χ2n) is 2.87. The molecule has 0 aliphatic carbocycles. The lowest BCUT2D eigenvalue weighted by Gasteiger charge is -1.69. The van der Waals surface area contributed by atoms with Gasteiger partial charge in [0, 0.05) is 24.3 Å². The van der Waals surface area contributed by atoms with Crippen molar-refractivity contribution in [1.82, 2.24) is 0 Å². The van der Waals surface area contributed by atoms with Crippen LogP contribution in [0.25, 0.3) is 9.95 Å². The van der Waals surface area contributed by atoms with Crippen LogP contribution in [0.4, 0.5) is 11.4 Å². The third-order valence-electron chi connectivity index (χ3n) is 1.74. The molecular formula is C12H10Cl2N4. The SMILES string of the molecule is N#[N+]c1ccccc1.N#[N+]c1ccccc1.[Cl-].[Cl-]. The van der Waals surface area contributed by atoms with Gasteiger partial charge in [0.15, 0.2) is 9.95 Å². The van der Waals surface area contributed by atoms with Crippen LogP contribution in [0.5, 0.6) is 0 Å². The van der Waals surface area contributed by atoms with Gasteiger partial charge < -0.3 is 24.8 Å². The highest BCUT2D eigenvalue weighted by Crippen LogP contribution is 2.08. The second-order valence-corrected chi connectivity index (χ2v) is 2.87. The molecule has 0 bridgehead atoms. The first kappa shape index (κ1) is 18.2. The first-order valence-corrected chi connectivity index (χ1v) is 4.67. The van der Waals surface area contributed by atoms with Crippen molar-refractivity contribution in [2.75, 3.05) is 0 Å². The predicted molar refractivity (Wildman–Crippen MR) is 62.4 cm³/mol. The Labute approximate surface area is 118 Å². The first-order valence-electron chi connectivity index (χ1n) is 4.67. The summed E-state index contributed by atoms with van der Waals surface area (Å²) in [7, 11) is 0. The van der Waals surface area contributed by atoms with Gasteiger partial charge in [-0.1, -0.05) is 36.4 Å². The minimum atomic E-state index is 0. The van der Waals surface area contributed by atoms with Crippen LogP contribution in [0.3, 0.4) is 0 Å². The van der Waals surface area contributed by atoms with E-state index >= 15 is 0 Å². The summed E-state index contributed by atoms with van der Waals surface area (Å²) >= 11 is 0. The molecule has 0 saturated carbocycles. The molecule has 0 aliphatic heterocycles. The van der Waals surface area contributed by atoms with E-state index in [1.807, 2.05) is 36.4 Å². The van der Waals surface area contributed by atoms with E-state index in [1.165, 1.54) is 0 Å². The van der Waals surface area contributed by atoms with Crippen molar-refractivity contribution in [2.45, 2.75) is 0 Å². The van der Waals surface area contributed by atoms with Crippen molar-refractivity contribution in [3.8, 4) is 0 Å². The molecule has 0 heterocycles. The van der Waals surface area contributed by atoms with E-state index in [9.17, 15) is 0 Å². The summed E-state index contributed by atoms with van der Waals surface area (Å²) in [6.07, 6.45) is 0. The lowest BCUT2D eigenvalue weighted by Crippen LogP contribution is -3.00. The van der Waals surface area contributed by atoms with Gasteiger partial charge in [0.25, 0.3) is 0 Å². The lowest BCUT2D eigenvalue weighted by molar-refractivity contribution is -0.00100. The smallest absolute Gasteiger partial charge is 0.385 e. The maximum absolute atomic E-state index is 8.16. The predicted octanol–water partition coefficient (Wildman–Crippen LogP) is -1.65. The van der Waals surface area contributed by atoms with E-state index < -0.39 is 0 Å². The van der Waals surface area contributed by atoms with Gasteiger partial charge in [0.1, 0.15) is 0 Å². The van der Waals surface area contributed by atoms with Gasteiger partial charge in [0.2, 0.25) is 10.8 Å². The van der Waals surface area contributed by atoms with Crippen molar-refractivity contribution in [3.63, 3.8) is 0 Å². The molecule has 0 N–H and O–H groups in total. The summed E-state index contributed by atoms with van der Waals surface area (Å²) in [6, 6.07) is 17.9.